The van der Waals surface area contributed by atoms with Crippen LogP contribution in [0.4, 0.5) is 11.4 Å². The molecule has 0 aromatic heterocycles. The van der Waals surface area contributed by atoms with E-state index in [0.717, 1.165) is 38.5 Å². The Labute approximate surface area is 194 Å². The van der Waals surface area contributed by atoms with Crippen molar-refractivity contribution in [3.63, 3.8) is 0 Å². The molecule has 33 heavy (non-hydrogen) atoms. The van der Waals surface area contributed by atoms with Gasteiger partial charge in [0.1, 0.15) is 4.90 Å². The Morgan fingerprint density at radius 1 is 1.03 bits per heavy atom. The smallest absolute Gasteiger partial charge is 0.270 e. The number of likely N-dealkylation sites (tertiary alicyclic amines) is 1. The molecule has 0 saturated carbocycles. The highest BCUT2D eigenvalue weighted by Crippen LogP contribution is 2.30. The topological polar surface area (TPSA) is 105 Å². The molecule has 2 fully saturated rings. The largest absolute Gasteiger partial charge is 0.384 e. The van der Waals surface area contributed by atoms with Crippen molar-refractivity contribution in [2.24, 2.45) is 5.92 Å². The lowest BCUT2D eigenvalue weighted by Crippen LogP contribution is -2.41. The van der Waals surface area contributed by atoms with Crippen molar-refractivity contribution < 1.29 is 18.1 Å². The number of hydrogen-bond donors (Lipinski definition) is 1. The first-order valence-electron chi connectivity index (χ1n) is 11.3. The van der Waals surface area contributed by atoms with Crippen LogP contribution in [0.15, 0.2) is 53.4 Å². The molecule has 2 heterocycles. The van der Waals surface area contributed by atoms with Crippen LogP contribution in [0.2, 0.25) is 0 Å². The minimum Gasteiger partial charge on any atom is -0.384 e. The zero-order valence-corrected chi connectivity index (χ0v) is 19.4. The number of rotatable bonds is 8. The van der Waals surface area contributed by atoms with Gasteiger partial charge in [0.15, 0.2) is 0 Å². The van der Waals surface area contributed by atoms with Gasteiger partial charge in [-0.3, -0.25) is 15.0 Å². The molecule has 2 aliphatic heterocycles. The van der Waals surface area contributed by atoms with E-state index in [9.17, 15) is 18.5 Å². The highest BCUT2D eigenvalue weighted by molar-refractivity contribution is 7.89. The van der Waals surface area contributed by atoms with E-state index in [-0.39, 0.29) is 23.7 Å². The lowest BCUT2D eigenvalue weighted by molar-refractivity contribution is -0.385. The van der Waals surface area contributed by atoms with Crippen LogP contribution in [0.3, 0.4) is 0 Å². The third-order valence-electron chi connectivity index (χ3n) is 6.30. The van der Waals surface area contributed by atoms with E-state index in [1.807, 2.05) is 6.07 Å². The van der Waals surface area contributed by atoms with Crippen molar-refractivity contribution in [3.8, 4) is 0 Å². The summed E-state index contributed by atoms with van der Waals surface area (Å²) in [5.41, 5.74) is 1.48. The monoisotopic (exact) mass is 474 g/mol. The molecule has 2 aromatic rings. The molecule has 4 rings (SSSR count). The maximum absolute atomic E-state index is 13.3. The summed E-state index contributed by atoms with van der Waals surface area (Å²) in [6.07, 6.45) is 2.02. The van der Waals surface area contributed by atoms with Crippen molar-refractivity contribution >= 4 is 21.4 Å². The van der Waals surface area contributed by atoms with E-state index in [1.165, 1.54) is 22.0 Å². The first-order valence-corrected chi connectivity index (χ1v) is 12.7. The zero-order chi connectivity index (χ0) is 23.3. The molecule has 0 aliphatic carbocycles. The fraction of sp³-hybridized carbons (Fsp3) is 0.478. The number of anilines is 1. The van der Waals surface area contributed by atoms with E-state index in [1.54, 1.807) is 0 Å². The van der Waals surface area contributed by atoms with E-state index >= 15 is 0 Å². The second-order valence-electron chi connectivity index (χ2n) is 8.54. The molecule has 2 aliphatic rings. The summed E-state index contributed by atoms with van der Waals surface area (Å²) in [5.74, 6) is 0.408. The number of nitro groups is 1. The molecule has 10 heteroatoms. The average Bonchev–Trinajstić information content (AvgIpc) is 2.84. The Bertz CT molecular complexity index is 1050. The summed E-state index contributed by atoms with van der Waals surface area (Å²) in [6.45, 7) is 4.65. The normalized spacial score (nSPS) is 18.8. The summed E-state index contributed by atoms with van der Waals surface area (Å²) < 4.78 is 33.1. The zero-order valence-electron chi connectivity index (χ0n) is 18.6. The molecule has 0 bridgehead atoms. The fourth-order valence-corrected chi connectivity index (χ4v) is 5.95. The van der Waals surface area contributed by atoms with Crippen LogP contribution in [0.1, 0.15) is 18.4 Å². The second kappa shape index (κ2) is 10.6. The van der Waals surface area contributed by atoms with Gasteiger partial charge >= 0.3 is 0 Å². The molecule has 9 nitrogen and oxygen atoms in total. The summed E-state index contributed by atoms with van der Waals surface area (Å²) in [5, 5.41) is 14.6. The molecule has 0 radical (unpaired) electrons. The van der Waals surface area contributed by atoms with Gasteiger partial charge in [0.05, 0.1) is 23.8 Å². The van der Waals surface area contributed by atoms with Crippen LogP contribution >= 0.6 is 0 Å². The highest BCUT2D eigenvalue weighted by atomic mass is 32.2. The van der Waals surface area contributed by atoms with E-state index in [2.05, 4.69) is 34.5 Å². The molecule has 0 atom stereocenters. The first kappa shape index (κ1) is 23.6. The summed E-state index contributed by atoms with van der Waals surface area (Å²) in [6, 6.07) is 14.4. The minimum absolute atomic E-state index is 0.0416. The maximum atomic E-state index is 13.3. The number of benzene rings is 2. The molecule has 2 aromatic carbocycles. The number of ether oxygens (including phenoxy) is 1. The third-order valence-corrected chi connectivity index (χ3v) is 8.24. The third kappa shape index (κ3) is 5.89. The number of non-ortho nitro benzene ring substituents is 1. The highest BCUT2D eigenvalue weighted by Gasteiger charge is 2.30. The molecule has 178 valence electrons. The Morgan fingerprint density at radius 2 is 1.73 bits per heavy atom. The minimum atomic E-state index is -3.87. The number of morpholine rings is 1. The van der Waals surface area contributed by atoms with Gasteiger partial charge < -0.3 is 10.1 Å². The van der Waals surface area contributed by atoms with Crippen molar-refractivity contribution in [2.45, 2.75) is 24.3 Å². The number of nitrogens with one attached hydrogen (secondary N) is 1. The van der Waals surface area contributed by atoms with Crippen molar-refractivity contribution in [3.05, 3.63) is 64.2 Å². The number of sulfonamides is 1. The number of hydrogen-bond acceptors (Lipinski definition) is 7. The summed E-state index contributed by atoms with van der Waals surface area (Å²) >= 11 is 0. The molecule has 1 N–H and O–H groups in total. The van der Waals surface area contributed by atoms with Crippen LogP contribution in [0.5, 0.6) is 0 Å². The molecule has 0 spiro atoms. The first-order chi connectivity index (χ1) is 15.9. The summed E-state index contributed by atoms with van der Waals surface area (Å²) in [4.78, 5) is 13.1. The molecular weight excluding hydrogens is 444 g/mol. The van der Waals surface area contributed by atoms with Gasteiger partial charge in [-0.2, -0.15) is 4.31 Å². The number of nitro benzene ring substituents is 1. The molecular formula is C23H30N4O5S. The molecule has 0 unspecified atom stereocenters. The standard InChI is InChI=1S/C23H30N4O5S/c28-27(29)21-6-7-22(23(16-21)33(30,31)26-12-14-32-15-13-26)24-17-19-8-10-25(11-9-19)18-20-4-2-1-3-5-20/h1-7,16,19,24H,8-15,17-18H2. The van der Waals surface area contributed by atoms with Crippen LogP contribution < -0.4 is 5.32 Å². The van der Waals surface area contributed by atoms with Crippen molar-refractivity contribution in [1.82, 2.24) is 9.21 Å². The maximum Gasteiger partial charge on any atom is 0.270 e. The molecule has 2 saturated heterocycles. The van der Waals surface area contributed by atoms with Crippen LogP contribution in [0, 0.1) is 16.0 Å². The van der Waals surface area contributed by atoms with Crippen molar-refractivity contribution in [1.29, 1.82) is 0 Å². The Hall–Kier alpha value is -2.53. The fourth-order valence-electron chi connectivity index (χ4n) is 4.35. The predicted octanol–water partition coefficient (Wildman–Crippen LogP) is 2.94. The summed E-state index contributed by atoms with van der Waals surface area (Å²) in [7, 11) is -3.87. The van der Waals surface area contributed by atoms with Gasteiger partial charge in [-0.05, 0) is 43.5 Å². The number of nitrogens with zero attached hydrogens (tertiary/aromatic N) is 3. The Morgan fingerprint density at radius 3 is 2.39 bits per heavy atom. The van der Waals surface area contributed by atoms with Crippen molar-refractivity contribution in [2.75, 3.05) is 51.3 Å². The van der Waals surface area contributed by atoms with Gasteiger partial charge in [0.2, 0.25) is 10.0 Å². The average molecular weight is 475 g/mol. The van der Waals surface area contributed by atoms with Crippen LogP contribution in [0.25, 0.3) is 0 Å². The quantitative estimate of drug-likeness (QED) is 0.463. The number of piperidine rings is 1. The van der Waals surface area contributed by atoms with E-state index < -0.39 is 14.9 Å². The lowest BCUT2D eigenvalue weighted by Gasteiger charge is -2.32. The van der Waals surface area contributed by atoms with Gasteiger partial charge in [-0.15, -0.1) is 0 Å². The SMILES string of the molecule is O=[N+]([O-])c1ccc(NCC2CCN(Cc3ccccc3)CC2)c(S(=O)(=O)N2CCOCC2)c1. The van der Waals surface area contributed by atoms with Crippen LogP contribution in [-0.4, -0.2) is 68.5 Å². The Balaban J connectivity index is 1.41. The predicted molar refractivity (Wildman–Crippen MR) is 126 cm³/mol. The van der Waals surface area contributed by atoms with Gasteiger partial charge in [-0.1, -0.05) is 30.3 Å². The second-order valence-corrected chi connectivity index (χ2v) is 10.4. The van der Waals surface area contributed by atoms with Gasteiger partial charge in [0, 0.05) is 38.3 Å². The van der Waals surface area contributed by atoms with Gasteiger partial charge in [0.25, 0.3) is 5.69 Å². The molecule has 0 amide bonds. The van der Waals surface area contributed by atoms with E-state index in [0.29, 0.717) is 31.4 Å². The van der Waals surface area contributed by atoms with Gasteiger partial charge in [-0.25, -0.2) is 8.42 Å². The Kier molecular flexibility index (Phi) is 7.59. The van der Waals surface area contributed by atoms with E-state index in [4.69, 9.17) is 4.74 Å². The lowest BCUT2D eigenvalue weighted by atomic mass is 9.96. The van der Waals surface area contributed by atoms with Crippen LogP contribution in [-0.2, 0) is 21.3 Å².